The van der Waals surface area contributed by atoms with Crippen molar-refractivity contribution in [1.29, 1.82) is 0 Å². The molecule has 0 bridgehead atoms. The minimum atomic E-state index is -3.58. The van der Waals surface area contributed by atoms with Crippen molar-refractivity contribution in [3.8, 4) is 0 Å². The van der Waals surface area contributed by atoms with Crippen LogP contribution in [0.1, 0.15) is 38.7 Å². The molecule has 1 aromatic carbocycles. The highest BCUT2D eigenvalue weighted by Gasteiger charge is 2.66. The summed E-state index contributed by atoms with van der Waals surface area (Å²) < 4.78 is 38.3. The van der Waals surface area contributed by atoms with E-state index in [2.05, 4.69) is 0 Å². The number of hydrogen-bond donors (Lipinski definition) is 0. The second-order valence-electron chi connectivity index (χ2n) is 8.80. The highest BCUT2D eigenvalue weighted by molar-refractivity contribution is 7.89. The maximum absolute atomic E-state index is 13.1. The Kier molecular flexibility index (Phi) is 5.50. The number of hydrogen-bond acceptors (Lipinski definition) is 6. The fourth-order valence-electron chi connectivity index (χ4n) is 5.06. The molecule has 1 saturated heterocycles. The minimum Gasteiger partial charge on any atom is -0.465 e. The third-order valence-corrected chi connectivity index (χ3v) is 8.76. The largest absolute Gasteiger partial charge is 0.465 e. The second-order valence-corrected chi connectivity index (χ2v) is 10.7. The maximum Gasteiger partial charge on any atom is 0.324 e. The van der Waals surface area contributed by atoms with Gasteiger partial charge in [0.05, 0.1) is 18.1 Å². The van der Waals surface area contributed by atoms with Crippen molar-refractivity contribution in [2.24, 2.45) is 16.7 Å². The summed E-state index contributed by atoms with van der Waals surface area (Å²) in [5.74, 6) is -0.912. The van der Waals surface area contributed by atoms with Crippen molar-refractivity contribution in [2.45, 2.75) is 44.9 Å². The van der Waals surface area contributed by atoms with Gasteiger partial charge >= 0.3 is 11.9 Å². The van der Waals surface area contributed by atoms with Gasteiger partial charge in [-0.3, -0.25) is 9.59 Å². The molecule has 4 rings (SSSR count). The predicted molar refractivity (Wildman–Crippen MR) is 113 cm³/mol. The lowest BCUT2D eigenvalue weighted by atomic mass is 9.81. The number of piperidine rings is 1. The summed E-state index contributed by atoms with van der Waals surface area (Å²) in [6, 6.07) is 6.88. The standard InChI is InChI=1S/C23H29NO6S/c1-4-29-20(25)22(21(26)30-5-2)11-10-17(12-22)23-13-18(23)14-24(15-23)31(27,28)19-8-6-16(3)7-9-19/h6-10,18H,4-5,11-15H2,1-3H3/t18-,23+/m1/s1. The quantitative estimate of drug-likeness (QED) is 0.363. The zero-order valence-corrected chi connectivity index (χ0v) is 19.0. The normalized spacial score (nSPS) is 26.8. The van der Waals surface area contributed by atoms with Crippen LogP contribution >= 0.6 is 0 Å². The molecule has 2 aliphatic carbocycles. The number of rotatable bonds is 7. The molecule has 1 aliphatic heterocycles. The van der Waals surface area contributed by atoms with E-state index in [9.17, 15) is 18.0 Å². The number of carbonyl (C=O) groups excluding carboxylic acids is 2. The van der Waals surface area contributed by atoms with Gasteiger partial charge in [-0.1, -0.05) is 29.3 Å². The van der Waals surface area contributed by atoms with Gasteiger partial charge in [0.2, 0.25) is 10.0 Å². The Hall–Kier alpha value is -2.19. The van der Waals surface area contributed by atoms with Gasteiger partial charge in [-0.05, 0) is 58.1 Å². The molecule has 0 radical (unpaired) electrons. The van der Waals surface area contributed by atoms with Crippen molar-refractivity contribution in [2.75, 3.05) is 26.3 Å². The van der Waals surface area contributed by atoms with E-state index in [1.807, 2.05) is 13.0 Å². The zero-order valence-electron chi connectivity index (χ0n) is 18.2. The summed E-state index contributed by atoms with van der Waals surface area (Å²) in [5, 5.41) is 0. The van der Waals surface area contributed by atoms with E-state index in [-0.39, 0.29) is 37.4 Å². The maximum atomic E-state index is 13.1. The highest BCUT2D eigenvalue weighted by atomic mass is 32.2. The van der Waals surface area contributed by atoms with Gasteiger partial charge < -0.3 is 9.47 Å². The van der Waals surface area contributed by atoms with E-state index in [4.69, 9.17) is 9.47 Å². The fourth-order valence-corrected chi connectivity index (χ4v) is 6.61. The van der Waals surface area contributed by atoms with Crippen LogP contribution in [0, 0.1) is 23.7 Å². The smallest absolute Gasteiger partial charge is 0.324 e. The first-order valence-corrected chi connectivity index (χ1v) is 12.2. The van der Waals surface area contributed by atoms with Crippen LogP contribution in [0.4, 0.5) is 0 Å². The molecule has 3 aliphatic rings. The number of aryl methyl sites for hydroxylation is 1. The number of sulfonamides is 1. The summed E-state index contributed by atoms with van der Waals surface area (Å²) in [6.07, 6.45) is 3.29. The first-order valence-electron chi connectivity index (χ1n) is 10.8. The van der Waals surface area contributed by atoms with Crippen LogP contribution in [-0.4, -0.2) is 51.0 Å². The molecule has 1 heterocycles. The lowest BCUT2D eigenvalue weighted by molar-refractivity contribution is -0.171. The highest BCUT2D eigenvalue weighted by Crippen LogP contribution is 2.66. The Morgan fingerprint density at radius 1 is 1.10 bits per heavy atom. The number of nitrogens with zero attached hydrogens (tertiary/aromatic N) is 1. The van der Waals surface area contributed by atoms with E-state index in [1.54, 1.807) is 42.4 Å². The van der Waals surface area contributed by atoms with Gasteiger partial charge in [0.25, 0.3) is 0 Å². The van der Waals surface area contributed by atoms with Crippen LogP contribution in [0.3, 0.4) is 0 Å². The van der Waals surface area contributed by atoms with Gasteiger partial charge in [-0.2, -0.15) is 4.31 Å². The summed E-state index contributed by atoms with van der Waals surface area (Å²) in [5.41, 5.74) is 0.343. The predicted octanol–water partition coefficient (Wildman–Crippen LogP) is 2.84. The molecular formula is C23H29NO6S. The van der Waals surface area contributed by atoms with Crippen molar-refractivity contribution >= 4 is 22.0 Å². The van der Waals surface area contributed by atoms with Gasteiger partial charge in [0, 0.05) is 18.5 Å². The van der Waals surface area contributed by atoms with Gasteiger partial charge in [-0.15, -0.1) is 0 Å². The van der Waals surface area contributed by atoms with Crippen molar-refractivity contribution < 1.29 is 27.5 Å². The van der Waals surface area contributed by atoms with Crippen molar-refractivity contribution in [3.05, 3.63) is 41.5 Å². The van der Waals surface area contributed by atoms with Gasteiger partial charge in [0.1, 0.15) is 0 Å². The summed E-state index contributed by atoms with van der Waals surface area (Å²) in [7, 11) is -3.58. The molecule has 2 fully saturated rings. The molecule has 0 unspecified atom stereocenters. The first kappa shape index (κ1) is 22.0. The number of carbonyl (C=O) groups is 2. The Balaban J connectivity index is 1.54. The molecule has 31 heavy (non-hydrogen) atoms. The molecule has 0 N–H and O–H groups in total. The average molecular weight is 448 g/mol. The van der Waals surface area contributed by atoms with E-state index in [1.165, 1.54) is 0 Å². The lowest BCUT2D eigenvalue weighted by Crippen LogP contribution is -2.41. The molecule has 0 amide bonds. The third kappa shape index (κ3) is 3.49. The van der Waals surface area contributed by atoms with Gasteiger partial charge in [-0.25, -0.2) is 8.42 Å². The van der Waals surface area contributed by atoms with Crippen LogP contribution in [0.5, 0.6) is 0 Å². The molecule has 168 valence electrons. The number of allylic oxidation sites excluding steroid dienone is 1. The topological polar surface area (TPSA) is 90.0 Å². The third-order valence-electron chi connectivity index (χ3n) is 6.93. The van der Waals surface area contributed by atoms with Crippen LogP contribution in [0.25, 0.3) is 0 Å². The minimum absolute atomic E-state index is 0.186. The molecule has 2 atom stereocenters. The lowest BCUT2D eigenvalue weighted by Gasteiger charge is -2.26. The first-order chi connectivity index (χ1) is 14.7. The van der Waals surface area contributed by atoms with E-state index >= 15 is 0 Å². The number of benzene rings is 1. The molecule has 8 heteroatoms. The van der Waals surface area contributed by atoms with Crippen molar-refractivity contribution in [3.63, 3.8) is 0 Å². The SMILES string of the molecule is CCOC(=O)C1(C(=O)OCC)CC=C([C@@]23C[C@@H]2CN(S(=O)(=O)c2ccc(C)cc2)C3)C1. The number of esters is 2. The Morgan fingerprint density at radius 3 is 2.29 bits per heavy atom. The fraction of sp³-hybridized carbons (Fsp3) is 0.565. The molecular weight excluding hydrogens is 418 g/mol. The molecule has 0 spiro atoms. The van der Waals surface area contributed by atoms with Crippen LogP contribution in [0.15, 0.2) is 40.8 Å². The van der Waals surface area contributed by atoms with Crippen molar-refractivity contribution in [1.82, 2.24) is 4.31 Å². The number of ether oxygens (including phenoxy) is 2. The second kappa shape index (κ2) is 7.74. The van der Waals surface area contributed by atoms with Crippen LogP contribution in [0.2, 0.25) is 0 Å². The zero-order chi connectivity index (χ0) is 22.4. The molecule has 7 nitrogen and oxygen atoms in total. The summed E-state index contributed by atoms with van der Waals surface area (Å²) >= 11 is 0. The van der Waals surface area contributed by atoms with E-state index < -0.39 is 27.4 Å². The van der Waals surface area contributed by atoms with E-state index in [0.29, 0.717) is 18.0 Å². The monoisotopic (exact) mass is 447 g/mol. The Morgan fingerprint density at radius 2 is 1.71 bits per heavy atom. The van der Waals surface area contributed by atoms with Gasteiger partial charge in [0.15, 0.2) is 5.41 Å². The van der Waals surface area contributed by atoms with Crippen LogP contribution in [-0.2, 0) is 29.1 Å². The number of fused-ring (bicyclic) bond motifs is 1. The molecule has 1 saturated carbocycles. The van der Waals surface area contributed by atoms with Crippen LogP contribution < -0.4 is 0 Å². The Labute approximate surface area is 183 Å². The average Bonchev–Trinajstić information content (AvgIpc) is 3.10. The summed E-state index contributed by atoms with van der Waals surface area (Å²) in [4.78, 5) is 25.8. The molecule has 1 aromatic rings. The van der Waals surface area contributed by atoms with E-state index in [0.717, 1.165) is 17.6 Å². The summed E-state index contributed by atoms with van der Waals surface area (Å²) in [6.45, 7) is 6.54. The Bertz CT molecular complexity index is 1010. The molecule has 0 aromatic heterocycles.